The van der Waals surface area contributed by atoms with Gasteiger partial charge in [0.05, 0.1) is 20.3 Å². The Kier molecular flexibility index (Phi) is 6.73. The van der Waals surface area contributed by atoms with Crippen molar-refractivity contribution >= 4 is 0 Å². The molecule has 3 aliphatic rings. The second kappa shape index (κ2) is 9.44. The minimum absolute atomic E-state index is 0.261. The maximum Gasteiger partial charge on any atom is 0.161 e. The molecule has 0 unspecified atom stereocenters. The minimum atomic E-state index is -0.526. The summed E-state index contributed by atoms with van der Waals surface area (Å²) in [6.07, 6.45) is 5.02. The molecule has 1 aliphatic heterocycles. The van der Waals surface area contributed by atoms with Crippen LogP contribution in [0.15, 0.2) is 18.2 Å². The van der Waals surface area contributed by atoms with Crippen LogP contribution in [0.4, 0.5) is 0 Å². The average Bonchev–Trinajstić information content (AvgIpc) is 3.62. The predicted octanol–water partition coefficient (Wildman–Crippen LogP) is 2.05. The van der Waals surface area contributed by atoms with E-state index in [0.717, 1.165) is 50.4 Å². The van der Waals surface area contributed by atoms with E-state index in [-0.39, 0.29) is 6.61 Å². The second-order valence-corrected chi connectivity index (χ2v) is 8.44. The van der Waals surface area contributed by atoms with Crippen LogP contribution in [0.5, 0.6) is 11.5 Å². The molecule has 0 aromatic heterocycles. The number of rotatable bonds is 11. The van der Waals surface area contributed by atoms with E-state index >= 15 is 0 Å². The Hall–Kier alpha value is -1.34. The Balaban J connectivity index is 1.26. The number of methoxy groups -OCH3 is 1. The van der Waals surface area contributed by atoms with Crippen molar-refractivity contribution in [3.63, 3.8) is 0 Å². The number of hydrogen-bond acceptors (Lipinski definition) is 6. The number of benzene rings is 1. The third-order valence-electron chi connectivity index (χ3n) is 6.03. The fourth-order valence-electron chi connectivity index (χ4n) is 4.13. The summed E-state index contributed by atoms with van der Waals surface area (Å²) in [4.78, 5) is 2.21. The van der Waals surface area contributed by atoms with Crippen molar-refractivity contribution in [2.45, 2.75) is 44.4 Å². The van der Waals surface area contributed by atoms with Gasteiger partial charge in [-0.2, -0.15) is 0 Å². The molecule has 1 aromatic rings. The van der Waals surface area contributed by atoms with Gasteiger partial charge in [-0.1, -0.05) is 6.07 Å². The van der Waals surface area contributed by atoms with Gasteiger partial charge in [-0.05, 0) is 55.2 Å². The SMILES string of the molecule is COc1cc(CNC(C2CC2)C2CC2)ccc1OC[C@H](O)CN1CCOCC1. The zero-order valence-corrected chi connectivity index (χ0v) is 16.9. The Morgan fingerprint density at radius 2 is 1.86 bits per heavy atom. The normalized spacial score (nSPS) is 21.7. The molecule has 1 saturated heterocycles. The smallest absolute Gasteiger partial charge is 0.161 e. The third kappa shape index (κ3) is 5.60. The van der Waals surface area contributed by atoms with Crippen molar-refractivity contribution < 1.29 is 19.3 Å². The number of hydrogen-bond donors (Lipinski definition) is 2. The van der Waals surface area contributed by atoms with E-state index in [0.29, 0.717) is 18.3 Å². The fourth-order valence-corrected chi connectivity index (χ4v) is 4.13. The van der Waals surface area contributed by atoms with Crippen LogP contribution in [0.25, 0.3) is 0 Å². The van der Waals surface area contributed by atoms with Crippen molar-refractivity contribution in [1.29, 1.82) is 0 Å². The van der Waals surface area contributed by atoms with Crippen LogP contribution < -0.4 is 14.8 Å². The van der Waals surface area contributed by atoms with Crippen LogP contribution in [0.3, 0.4) is 0 Å². The Morgan fingerprint density at radius 1 is 1.14 bits per heavy atom. The van der Waals surface area contributed by atoms with Crippen molar-refractivity contribution in [2.75, 3.05) is 46.6 Å². The summed E-state index contributed by atoms with van der Waals surface area (Å²) in [6.45, 7) is 4.94. The van der Waals surface area contributed by atoms with Gasteiger partial charge in [0.25, 0.3) is 0 Å². The van der Waals surface area contributed by atoms with Gasteiger partial charge in [0.1, 0.15) is 12.7 Å². The summed E-state index contributed by atoms with van der Waals surface area (Å²) in [6, 6.07) is 6.79. The molecule has 0 spiro atoms. The molecule has 0 bridgehead atoms. The van der Waals surface area contributed by atoms with Gasteiger partial charge in [-0.25, -0.2) is 0 Å². The summed E-state index contributed by atoms with van der Waals surface area (Å²) in [5.74, 6) is 3.20. The van der Waals surface area contributed by atoms with E-state index in [4.69, 9.17) is 14.2 Å². The largest absolute Gasteiger partial charge is 0.493 e. The quantitative estimate of drug-likeness (QED) is 0.603. The second-order valence-electron chi connectivity index (χ2n) is 8.44. The number of aliphatic hydroxyl groups excluding tert-OH is 1. The van der Waals surface area contributed by atoms with E-state index in [9.17, 15) is 5.11 Å². The molecule has 1 heterocycles. The number of nitrogens with one attached hydrogen (secondary N) is 1. The molecule has 0 amide bonds. The first-order valence-electron chi connectivity index (χ1n) is 10.7. The summed E-state index contributed by atoms with van der Waals surface area (Å²) in [5.41, 5.74) is 1.21. The Labute approximate surface area is 168 Å². The zero-order chi connectivity index (χ0) is 19.3. The molecule has 6 nitrogen and oxygen atoms in total. The first-order valence-corrected chi connectivity index (χ1v) is 10.7. The molecule has 4 rings (SSSR count). The number of β-amino-alcohol motifs (C(OH)–C–C–N with tert-alkyl or cyclic N) is 1. The maximum absolute atomic E-state index is 10.3. The highest BCUT2D eigenvalue weighted by Gasteiger charge is 2.40. The van der Waals surface area contributed by atoms with Gasteiger partial charge in [0.15, 0.2) is 11.5 Å². The molecule has 2 N–H and O–H groups in total. The monoisotopic (exact) mass is 390 g/mol. The third-order valence-corrected chi connectivity index (χ3v) is 6.03. The van der Waals surface area contributed by atoms with E-state index < -0.39 is 6.10 Å². The molecular weight excluding hydrogens is 356 g/mol. The van der Waals surface area contributed by atoms with E-state index in [1.807, 2.05) is 12.1 Å². The lowest BCUT2D eigenvalue weighted by Crippen LogP contribution is -2.42. The minimum Gasteiger partial charge on any atom is -0.493 e. The Morgan fingerprint density at radius 3 is 2.50 bits per heavy atom. The Bertz CT molecular complexity index is 615. The molecule has 28 heavy (non-hydrogen) atoms. The van der Waals surface area contributed by atoms with Crippen LogP contribution >= 0.6 is 0 Å². The van der Waals surface area contributed by atoms with E-state index in [1.165, 1.54) is 31.2 Å². The summed E-state index contributed by atoms with van der Waals surface area (Å²) >= 11 is 0. The fraction of sp³-hybridized carbons (Fsp3) is 0.727. The summed E-state index contributed by atoms with van der Waals surface area (Å²) in [7, 11) is 1.67. The zero-order valence-electron chi connectivity index (χ0n) is 16.9. The van der Waals surface area contributed by atoms with Gasteiger partial charge in [0.2, 0.25) is 0 Å². The van der Waals surface area contributed by atoms with Crippen molar-refractivity contribution in [3.05, 3.63) is 23.8 Å². The van der Waals surface area contributed by atoms with Crippen molar-refractivity contribution in [3.8, 4) is 11.5 Å². The van der Waals surface area contributed by atoms with E-state index in [2.05, 4.69) is 16.3 Å². The van der Waals surface area contributed by atoms with Crippen LogP contribution in [0.2, 0.25) is 0 Å². The van der Waals surface area contributed by atoms with Crippen molar-refractivity contribution in [1.82, 2.24) is 10.2 Å². The molecule has 1 aromatic carbocycles. The molecule has 3 fully saturated rings. The lowest BCUT2D eigenvalue weighted by molar-refractivity contribution is 0.00445. The molecule has 0 radical (unpaired) electrons. The topological polar surface area (TPSA) is 63.2 Å². The number of ether oxygens (including phenoxy) is 3. The van der Waals surface area contributed by atoms with Gasteiger partial charge in [-0.15, -0.1) is 0 Å². The van der Waals surface area contributed by atoms with Crippen LogP contribution in [-0.4, -0.2) is 68.7 Å². The van der Waals surface area contributed by atoms with Gasteiger partial charge >= 0.3 is 0 Å². The molecule has 156 valence electrons. The van der Waals surface area contributed by atoms with Crippen LogP contribution in [0, 0.1) is 11.8 Å². The van der Waals surface area contributed by atoms with Gasteiger partial charge in [0, 0.05) is 32.2 Å². The highest BCUT2D eigenvalue weighted by Crippen LogP contribution is 2.44. The van der Waals surface area contributed by atoms with Crippen molar-refractivity contribution in [2.24, 2.45) is 11.8 Å². The van der Waals surface area contributed by atoms with Gasteiger partial charge in [-0.3, -0.25) is 4.90 Å². The average molecular weight is 391 g/mol. The molecule has 2 aliphatic carbocycles. The highest BCUT2D eigenvalue weighted by atomic mass is 16.5. The van der Waals surface area contributed by atoms with Crippen LogP contribution in [0.1, 0.15) is 31.2 Å². The highest BCUT2D eigenvalue weighted by molar-refractivity contribution is 5.43. The predicted molar refractivity (Wildman–Crippen MR) is 108 cm³/mol. The molecular formula is C22H34N2O4. The molecule has 1 atom stereocenters. The molecule has 6 heteroatoms. The lowest BCUT2D eigenvalue weighted by Gasteiger charge is -2.28. The standard InChI is InChI=1S/C22H34N2O4/c1-26-21-12-16(13-23-22(17-3-4-17)18-5-6-18)2-7-20(21)28-15-19(25)14-24-8-10-27-11-9-24/h2,7,12,17-19,22-23,25H,3-6,8-11,13-15H2,1H3/t19-/m1/s1. The van der Waals surface area contributed by atoms with Crippen LogP contribution in [-0.2, 0) is 11.3 Å². The first kappa shape index (κ1) is 20.0. The summed E-state index contributed by atoms with van der Waals surface area (Å²) in [5, 5.41) is 14.1. The van der Waals surface area contributed by atoms with E-state index in [1.54, 1.807) is 7.11 Å². The number of aliphatic hydroxyl groups is 1. The first-order chi connectivity index (χ1) is 13.7. The number of nitrogens with zero attached hydrogens (tertiary/aromatic N) is 1. The molecule has 2 saturated carbocycles. The summed E-state index contributed by atoms with van der Waals surface area (Å²) < 4.78 is 16.7. The maximum atomic E-state index is 10.3. The van der Waals surface area contributed by atoms with Gasteiger partial charge < -0.3 is 24.6 Å². The lowest BCUT2D eigenvalue weighted by atomic mass is 10.1. The number of morpholine rings is 1.